The topological polar surface area (TPSA) is 54.0 Å². The summed E-state index contributed by atoms with van der Waals surface area (Å²) in [6.07, 6.45) is 3.68. The van der Waals surface area contributed by atoms with Gasteiger partial charge in [0, 0.05) is 29.9 Å². The molecule has 1 aromatic rings. The third-order valence-corrected chi connectivity index (χ3v) is 3.33. The molecule has 0 saturated heterocycles. The molecular weight excluding hydrogens is 250 g/mol. The van der Waals surface area contributed by atoms with Gasteiger partial charge in [-0.1, -0.05) is 25.4 Å². The number of halogens is 1. The van der Waals surface area contributed by atoms with E-state index in [4.69, 9.17) is 11.6 Å². The maximum atomic E-state index is 12.0. The first-order valence-electron chi connectivity index (χ1n) is 6.24. The Morgan fingerprint density at radius 2 is 2.17 bits per heavy atom. The highest BCUT2D eigenvalue weighted by molar-refractivity contribution is 6.29. The molecular formula is C13H18ClN3O. The second kappa shape index (κ2) is 5.67. The van der Waals surface area contributed by atoms with Crippen LogP contribution in [0.3, 0.4) is 0 Å². The summed E-state index contributed by atoms with van der Waals surface area (Å²) in [6.45, 7) is 4.22. The van der Waals surface area contributed by atoms with Gasteiger partial charge in [0.05, 0.1) is 0 Å². The average molecular weight is 268 g/mol. The Balaban J connectivity index is 1.92. The van der Waals surface area contributed by atoms with Crippen molar-refractivity contribution in [1.82, 2.24) is 15.6 Å². The van der Waals surface area contributed by atoms with Crippen LogP contribution in [0.1, 0.15) is 37.0 Å². The van der Waals surface area contributed by atoms with E-state index in [2.05, 4.69) is 29.5 Å². The minimum absolute atomic E-state index is 0.0837. The van der Waals surface area contributed by atoms with E-state index in [1.165, 1.54) is 0 Å². The van der Waals surface area contributed by atoms with Crippen LogP contribution < -0.4 is 10.6 Å². The first-order chi connectivity index (χ1) is 8.56. The lowest BCUT2D eigenvalue weighted by molar-refractivity contribution is 0.0890. The lowest BCUT2D eigenvalue weighted by atomic mass is 9.85. The van der Waals surface area contributed by atoms with Crippen LogP contribution in [0.5, 0.6) is 0 Å². The van der Waals surface area contributed by atoms with E-state index in [-0.39, 0.29) is 11.9 Å². The van der Waals surface area contributed by atoms with Crippen LogP contribution in [0.4, 0.5) is 0 Å². The van der Waals surface area contributed by atoms with Crippen LogP contribution in [0.2, 0.25) is 5.15 Å². The fourth-order valence-corrected chi connectivity index (χ4v) is 2.27. The molecule has 1 fully saturated rings. The summed E-state index contributed by atoms with van der Waals surface area (Å²) in [5.41, 5.74) is 0.560. The molecule has 4 nitrogen and oxygen atoms in total. The van der Waals surface area contributed by atoms with Crippen LogP contribution in [-0.2, 0) is 0 Å². The zero-order valence-electron chi connectivity index (χ0n) is 10.6. The molecule has 1 aliphatic rings. The average Bonchev–Trinajstić information content (AvgIpc) is 2.31. The van der Waals surface area contributed by atoms with Gasteiger partial charge in [-0.3, -0.25) is 4.79 Å². The first-order valence-corrected chi connectivity index (χ1v) is 6.62. The van der Waals surface area contributed by atoms with Crippen molar-refractivity contribution in [3.8, 4) is 0 Å². The zero-order chi connectivity index (χ0) is 13.1. The van der Waals surface area contributed by atoms with Crippen molar-refractivity contribution < 1.29 is 4.79 Å². The number of carbonyl (C=O) groups is 1. The minimum Gasteiger partial charge on any atom is -0.348 e. The number of rotatable bonds is 4. The third-order valence-electron chi connectivity index (χ3n) is 3.13. The molecule has 0 bridgehead atoms. The molecule has 0 spiro atoms. The smallest absolute Gasteiger partial charge is 0.251 e. The molecule has 2 unspecified atom stereocenters. The number of hydrogen-bond acceptors (Lipinski definition) is 3. The molecule has 5 heteroatoms. The van der Waals surface area contributed by atoms with Gasteiger partial charge in [0.25, 0.3) is 5.91 Å². The number of aromatic nitrogens is 1. The fraction of sp³-hybridized carbons (Fsp3) is 0.538. The number of amides is 1. The van der Waals surface area contributed by atoms with E-state index >= 15 is 0 Å². The van der Waals surface area contributed by atoms with Crippen molar-refractivity contribution in [2.75, 3.05) is 0 Å². The Bertz CT molecular complexity index is 436. The minimum atomic E-state index is -0.0837. The van der Waals surface area contributed by atoms with Crippen molar-refractivity contribution in [2.45, 2.75) is 44.8 Å². The van der Waals surface area contributed by atoms with Crippen molar-refractivity contribution in [3.05, 3.63) is 29.0 Å². The summed E-state index contributed by atoms with van der Waals surface area (Å²) in [5, 5.41) is 6.81. The molecule has 1 aromatic heterocycles. The van der Waals surface area contributed by atoms with E-state index < -0.39 is 0 Å². The third kappa shape index (κ3) is 3.21. The summed E-state index contributed by atoms with van der Waals surface area (Å²) < 4.78 is 0. The Morgan fingerprint density at radius 1 is 1.44 bits per heavy atom. The van der Waals surface area contributed by atoms with Gasteiger partial charge in [-0.15, -0.1) is 0 Å². The van der Waals surface area contributed by atoms with Gasteiger partial charge in [0.1, 0.15) is 5.15 Å². The number of nitrogens with zero attached hydrogens (tertiary/aromatic N) is 1. The van der Waals surface area contributed by atoms with Crippen LogP contribution in [0.25, 0.3) is 0 Å². The standard InChI is InChI=1S/C13H18ClN3O/c1-8(2)16-10-3-4-11(10)17-13(18)9-5-6-15-12(14)7-9/h5-8,10-11,16H,3-4H2,1-2H3,(H,17,18). The maximum absolute atomic E-state index is 12.0. The lowest BCUT2D eigenvalue weighted by Crippen LogP contribution is -2.58. The molecule has 0 aromatic carbocycles. The van der Waals surface area contributed by atoms with Gasteiger partial charge in [-0.2, -0.15) is 0 Å². The molecule has 18 heavy (non-hydrogen) atoms. The molecule has 1 amide bonds. The predicted molar refractivity (Wildman–Crippen MR) is 71.8 cm³/mol. The largest absolute Gasteiger partial charge is 0.348 e. The van der Waals surface area contributed by atoms with E-state index in [9.17, 15) is 4.79 Å². The second-order valence-corrected chi connectivity index (χ2v) is 5.34. The number of carbonyl (C=O) groups excluding carboxylic acids is 1. The molecule has 2 atom stereocenters. The highest BCUT2D eigenvalue weighted by atomic mass is 35.5. The maximum Gasteiger partial charge on any atom is 0.251 e. The van der Waals surface area contributed by atoms with Gasteiger partial charge in [-0.25, -0.2) is 4.98 Å². The SMILES string of the molecule is CC(C)NC1CCC1NC(=O)c1ccnc(Cl)c1. The van der Waals surface area contributed by atoms with Crippen LogP contribution in [0, 0.1) is 0 Å². The summed E-state index contributed by atoms with van der Waals surface area (Å²) >= 11 is 5.77. The van der Waals surface area contributed by atoms with Crippen molar-refractivity contribution >= 4 is 17.5 Å². The monoisotopic (exact) mass is 267 g/mol. The Kier molecular flexibility index (Phi) is 4.19. The van der Waals surface area contributed by atoms with Gasteiger partial charge in [0.15, 0.2) is 0 Å². The van der Waals surface area contributed by atoms with Crippen LogP contribution in [0.15, 0.2) is 18.3 Å². The van der Waals surface area contributed by atoms with Crippen molar-refractivity contribution in [1.29, 1.82) is 0 Å². The molecule has 1 saturated carbocycles. The first kappa shape index (κ1) is 13.3. The van der Waals surface area contributed by atoms with Gasteiger partial charge >= 0.3 is 0 Å². The Labute approximate surface area is 112 Å². The second-order valence-electron chi connectivity index (χ2n) is 4.95. The predicted octanol–water partition coefficient (Wildman–Crippen LogP) is 1.99. The number of pyridine rings is 1. The van der Waals surface area contributed by atoms with E-state index in [1.54, 1.807) is 18.3 Å². The van der Waals surface area contributed by atoms with Crippen molar-refractivity contribution in [3.63, 3.8) is 0 Å². The van der Waals surface area contributed by atoms with Crippen molar-refractivity contribution in [2.24, 2.45) is 0 Å². The zero-order valence-corrected chi connectivity index (χ0v) is 11.4. The highest BCUT2D eigenvalue weighted by Gasteiger charge is 2.32. The van der Waals surface area contributed by atoms with Gasteiger partial charge in [-0.05, 0) is 25.0 Å². The van der Waals surface area contributed by atoms with E-state index in [1.807, 2.05) is 0 Å². The summed E-state index contributed by atoms with van der Waals surface area (Å²) in [5.74, 6) is -0.0837. The molecule has 98 valence electrons. The number of nitrogens with one attached hydrogen (secondary N) is 2. The van der Waals surface area contributed by atoms with E-state index in [0.717, 1.165) is 12.8 Å². The highest BCUT2D eigenvalue weighted by Crippen LogP contribution is 2.21. The summed E-state index contributed by atoms with van der Waals surface area (Å²) in [7, 11) is 0. The summed E-state index contributed by atoms with van der Waals surface area (Å²) in [4.78, 5) is 15.9. The molecule has 0 aliphatic heterocycles. The van der Waals surface area contributed by atoms with Crippen LogP contribution >= 0.6 is 11.6 Å². The summed E-state index contributed by atoms with van der Waals surface area (Å²) in [6, 6.07) is 4.29. The number of hydrogen-bond donors (Lipinski definition) is 2. The fourth-order valence-electron chi connectivity index (χ4n) is 2.10. The molecule has 0 radical (unpaired) electrons. The Hall–Kier alpha value is -1.13. The normalized spacial score (nSPS) is 22.7. The Morgan fingerprint density at radius 3 is 2.72 bits per heavy atom. The lowest BCUT2D eigenvalue weighted by Gasteiger charge is -2.39. The van der Waals surface area contributed by atoms with E-state index in [0.29, 0.717) is 22.8 Å². The van der Waals surface area contributed by atoms with Gasteiger partial charge in [0.2, 0.25) is 0 Å². The van der Waals surface area contributed by atoms with Crippen LogP contribution in [-0.4, -0.2) is 29.0 Å². The quantitative estimate of drug-likeness (QED) is 0.821. The molecule has 1 aliphatic carbocycles. The molecule has 2 N–H and O–H groups in total. The van der Waals surface area contributed by atoms with Gasteiger partial charge < -0.3 is 10.6 Å². The molecule has 1 heterocycles. The molecule has 2 rings (SSSR count).